The molecule has 0 aromatic heterocycles. The Bertz CT molecular complexity index is 401. The van der Waals surface area contributed by atoms with Crippen LogP contribution < -0.4 is 4.74 Å². The maximum atomic E-state index is 12.2. The van der Waals surface area contributed by atoms with E-state index in [4.69, 9.17) is 9.84 Å². The maximum Gasteiger partial charge on any atom is 0.226 e. The van der Waals surface area contributed by atoms with E-state index < -0.39 is 0 Å². The summed E-state index contributed by atoms with van der Waals surface area (Å²) in [7, 11) is 0. The van der Waals surface area contributed by atoms with Gasteiger partial charge in [0.2, 0.25) is 5.91 Å². The number of hydrogen-bond donors (Lipinski definition) is 1. The topological polar surface area (TPSA) is 49.8 Å². The monoisotopic (exact) mass is 277 g/mol. The van der Waals surface area contributed by atoms with Crippen molar-refractivity contribution in [2.45, 2.75) is 38.1 Å². The fourth-order valence-corrected chi connectivity index (χ4v) is 2.75. The van der Waals surface area contributed by atoms with Gasteiger partial charge in [-0.05, 0) is 25.0 Å². The Kier molecular flexibility index (Phi) is 5.87. The van der Waals surface area contributed by atoms with Gasteiger partial charge in [-0.1, -0.05) is 31.0 Å². The minimum atomic E-state index is 0.0295. The van der Waals surface area contributed by atoms with Crippen molar-refractivity contribution >= 4 is 5.91 Å². The quantitative estimate of drug-likeness (QED) is 0.831. The van der Waals surface area contributed by atoms with E-state index in [1.54, 1.807) is 0 Å². The number of carbonyl (C=O) groups is 1. The summed E-state index contributed by atoms with van der Waals surface area (Å²) < 4.78 is 5.56. The summed E-state index contributed by atoms with van der Waals surface area (Å²) in [5.74, 6) is 0.872. The molecule has 4 heteroatoms. The summed E-state index contributed by atoms with van der Waals surface area (Å²) in [5, 5.41) is 9.12. The Morgan fingerprint density at radius 3 is 2.60 bits per heavy atom. The first-order valence-corrected chi connectivity index (χ1v) is 7.39. The van der Waals surface area contributed by atoms with Gasteiger partial charge in [0, 0.05) is 12.6 Å². The number of amides is 1. The second-order valence-electron chi connectivity index (χ2n) is 5.16. The van der Waals surface area contributed by atoms with Crippen LogP contribution in [-0.4, -0.2) is 41.7 Å². The Morgan fingerprint density at radius 2 is 1.95 bits per heavy atom. The largest absolute Gasteiger partial charge is 0.493 e. The molecule has 0 unspecified atom stereocenters. The lowest BCUT2D eigenvalue weighted by atomic mass is 10.2. The van der Waals surface area contributed by atoms with Crippen LogP contribution in [0.15, 0.2) is 30.3 Å². The van der Waals surface area contributed by atoms with Crippen molar-refractivity contribution in [1.82, 2.24) is 4.90 Å². The van der Waals surface area contributed by atoms with Gasteiger partial charge in [0.05, 0.1) is 19.6 Å². The van der Waals surface area contributed by atoms with Gasteiger partial charge in [-0.3, -0.25) is 4.79 Å². The zero-order chi connectivity index (χ0) is 14.2. The van der Waals surface area contributed by atoms with E-state index in [1.807, 2.05) is 35.2 Å². The lowest BCUT2D eigenvalue weighted by Crippen LogP contribution is -2.41. The molecule has 1 aliphatic carbocycles. The molecule has 4 nitrogen and oxygen atoms in total. The van der Waals surface area contributed by atoms with Crippen LogP contribution in [0.25, 0.3) is 0 Å². The van der Waals surface area contributed by atoms with Gasteiger partial charge < -0.3 is 14.7 Å². The first-order valence-electron chi connectivity index (χ1n) is 7.39. The van der Waals surface area contributed by atoms with Gasteiger partial charge in [-0.25, -0.2) is 0 Å². The normalized spacial score (nSPS) is 15.2. The van der Waals surface area contributed by atoms with Crippen molar-refractivity contribution in [2.24, 2.45) is 0 Å². The van der Waals surface area contributed by atoms with Crippen LogP contribution in [0.1, 0.15) is 32.1 Å². The zero-order valence-corrected chi connectivity index (χ0v) is 11.8. The minimum Gasteiger partial charge on any atom is -0.493 e. The molecular formula is C16H23NO3. The molecule has 0 atom stereocenters. The summed E-state index contributed by atoms with van der Waals surface area (Å²) in [6, 6.07) is 9.83. The molecule has 1 aliphatic rings. The van der Waals surface area contributed by atoms with E-state index in [9.17, 15) is 4.79 Å². The first-order chi connectivity index (χ1) is 9.81. The summed E-state index contributed by atoms with van der Waals surface area (Å²) in [5.41, 5.74) is 0. The SMILES string of the molecule is O=C(CCOc1ccccc1)N(CCO)C1CCCC1. The fraction of sp³-hybridized carbons (Fsp3) is 0.562. The summed E-state index contributed by atoms with van der Waals surface area (Å²) >= 11 is 0. The fourth-order valence-electron chi connectivity index (χ4n) is 2.75. The average Bonchev–Trinajstić information content (AvgIpc) is 2.99. The Balaban J connectivity index is 1.79. The molecule has 1 amide bonds. The summed E-state index contributed by atoms with van der Waals surface area (Å²) in [6.45, 7) is 0.855. The van der Waals surface area contributed by atoms with Crippen molar-refractivity contribution in [3.05, 3.63) is 30.3 Å². The third-order valence-corrected chi connectivity index (χ3v) is 3.75. The molecule has 0 heterocycles. The van der Waals surface area contributed by atoms with Crippen molar-refractivity contribution in [3.63, 3.8) is 0 Å². The van der Waals surface area contributed by atoms with E-state index in [2.05, 4.69) is 0 Å². The molecule has 0 saturated heterocycles. The number of carbonyl (C=O) groups excluding carboxylic acids is 1. The number of hydrogen-bond acceptors (Lipinski definition) is 3. The number of benzene rings is 1. The van der Waals surface area contributed by atoms with Crippen molar-refractivity contribution in [3.8, 4) is 5.75 Å². The highest BCUT2D eigenvalue weighted by molar-refractivity contribution is 5.76. The summed E-state index contributed by atoms with van der Waals surface area (Å²) in [4.78, 5) is 14.1. The van der Waals surface area contributed by atoms with Gasteiger partial charge >= 0.3 is 0 Å². The molecule has 1 saturated carbocycles. The molecule has 0 spiro atoms. The molecule has 1 aromatic carbocycles. The molecule has 110 valence electrons. The zero-order valence-electron chi connectivity index (χ0n) is 11.8. The lowest BCUT2D eigenvalue weighted by molar-refractivity contribution is -0.134. The summed E-state index contributed by atoms with van der Waals surface area (Å²) in [6.07, 6.45) is 4.85. The molecule has 0 radical (unpaired) electrons. The highest BCUT2D eigenvalue weighted by Crippen LogP contribution is 2.23. The predicted octanol–water partition coefficient (Wildman–Crippen LogP) is 2.22. The van der Waals surface area contributed by atoms with Crippen LogP contribution in [0.4, 0.5) is 0 Å². The lowest BCUT2D eigenvalue weighted by Gasteiger charge is -2.28. The van der Waals surface area contributed by atoms with Crippen molar-refractivity contribution < 1.29 is 14.6 Å². The Labute approximate surface area is 120 Å². The number of rotatable bonds is 7. The predicted molar refractivity (Wildman–Crippen MR) is 77.6 cm³/mol. The molecular weight excluding hydrogens is 254 g/mol. The van der Waals surface area contributed by atoms with E-state index >= 15 is 0 Å². The van der Waals surface area contributed by atoms with E-state index in [0.717, 1.165) is 18.6 Å². The average molecular weight is 277 g/mol. The number of ether oxygens (including phenoxy) is 1. The van der Waals surface area contributed by atoms with Gasteiger partial charge in [0.25, 0.3) is 0 Å². The maximum absolute atomic E-state index is 12.2. The number of para-hydroxylation sites is 1. The van der Waals surface area contributed by atoms with E-state index in [1.165, 1.54) is 12.8 Å². The number of nitrogens with zero attached hydrogens (tertiary/aromatic N) is 1. The van der Waals surface area contributed by atoms with E-state index in [0.29, 0.717) is 25.6 Å². The molecule has 0 aliphatic heterocycles. The number of aliphatic hydroxyl groups is 1. The second kappa shape index (κ2) is 7.90. The molecule has 1 fully saturated rings. The van der Waals surface area contributed by atoms with Crippen molar-refractivity contribution in [2.75, 3.05) is 19.8 Å². The van der Waals surface area contributed by atoms with Gasteiger partial charge in [-0.2, -0.15) is 0 Å². The molecule has 20 heavy (non-hydrogen) atoms. The van der Waals surface area contributed by atoms with Crippen LogP contribution in [-0.2, 0) is 4.79 Å². The van der Waals surface area contributed by atoms with Crippen LogP contribution in [0.2, 0.25) is 0 Å². The van der Waals surface area contributed by atoms with Crippen LogP contribution in [0.5, 0.6) is 5.75 Å². The van der Waals surface area contributed by atoms with Crippen LogP contribution in [0.3, 0.4) is 0 Å². The third kappa shape index (κ3) is 4.23. The number of aliphatic hydroxyl groups excluding tert-OH is 1. The van der Waals surface area contributed by atoms with Crippen molar-refractivity contribution in [1.29, 1.82) is 0 Å². The standard InChI is InChI=1S/C16H23NO3/c18-12-11-17(14-6-4-5-7-14)16(19)10-13-20-15-8-2-1-3-9-15/h1-3,8-9,14,18H,4-7,10-13H2. The smallest absolute Gasteiger partial charge is 0.226 e. The Morgan fingerprint density at radius 1 is 1.25 bits per heavy atom. The highest BCUT2D eigenvalue weighted by Gasteiger charge is 2.25. The highest BCUT2D eigenvalue weighted by atomic mass is 16.5. The van der Waals surface area contributed by atoms with Crippen LogP contribution in [0, 0.1) is 0 Å². The third-order valence-electron chi connectivity index (χ3n) is 3.75. The van der Waals surface area contributed by atoms with Gasteiger partial charge in [-0.15, -0.1) is 0 Å². The van der Waals surface area contributed by atoms with Gasteiger partial charge in [0.1, 0.15) is 5.75 Å². The Hall–Kier alpha value is -1.55. The molecule has 1 aromatic rings. The minimum absolute atomic E-state index is 0.0295. The molecule has 0 bridgehead atoms. The van der Waals surface area contributed by atoms with Gasteiger partial charge in [0.15, 0.2) is 0 Å². The van der Waals surface area contributed by atoms with E-state index in [-0.39, 0.29) is 12.5 Å². The van der Waals surface area contributed by atoms with Crippen LogP contribution >= 0.6 is 0 Å². The molecule has 1 N–H and O–H groups in total. The first kappa shape index (κ1) is 14.9. The molecule has 2 rings (SSSR count). The second-order valence-corrected chi connectivity index (χ2v) is 5.16.